The standard InChI is InChI=1S/C22H22ClN5O/c1-12-5-21-17(6-14(12)8-24)19(18-9-26-10-20(25)22(18)23)11-28(21)16-4-3-15(7-16)27-13(2)29/h5-6,9-11,15-16H,3-4,7,25H2,1-2H3,(H,27,29)/t15-,16-/m1/s1. The van der Waals surface area contributed by atoms with E-state index in [0.717, 1.165) is 46.9 Å². The number of fused-ring (bicyclic) bond motifs is 1. The number of rotatable bonds is 3. The van der Waals surface area contributed by atoms with E-state index in [1.807, 2.05) is 13.0 Å². The predicted molar refractivity (Wildman–Crippen MR) is 115 cm³/mol. The smallest absolute Gasteiger partial charge is 0.217 e. The number of nitrogens with two attached hydrogens (primary N) is 1. The van der Waals surface area contributed by atoms with Gasteiger partial charge in [0.2, 0.25) is 5.91 Å². The number of nitriles is 1. The van der Waals surface area contributed by atoms with Crippen molar-refractivity contribution < 1.29 is 4.79 Å². The van der Waals surface area contributed by atoms with Gasteiger partial charge in [-0.15, -0.1) is 0 Å². The van der Waals surface area contributed by atoms with Crippen molar-refractivity contribution in [2.24, 2.45) is 0 Å². The molecule has 1 aromatic carbocycles. The maximum atomic E-state index is 11.4. The van der Waals surface area contributed by atoms with Crippen LogP contribution in [0.5, 0.6) is 0 Å². The number of benzene rings is 1. The van der Waals surface area contributed by atoms with Crippen molar-refractivity contribution >= 4 is 34.1 Å². The third-order valence-electron chi connectivity index (χ3n) is 5.70. The number of hydrogen-bond acceptors (Lipinski definition) is 4. The van der Waals surface area contributed by atoms with Crippen molar-refractivity contribution in [3.8, 4) is 17.2 Å². The molecular formula is C22H22ClN5O. The van der Waals surface area contributed by atoms with Gasteiger partial charge in [0, 0.05) is 53.4 Å². The summed E-state index contributed by atoms with van der Waals surface area (Å²) >= 11 is 6.50. The monoisotopic (exact) mass is 407 g/mol. The van der Waals surface area contributed by atoms with Gasteiger partial charge in [0.15, 0.2) is 0 Å². The molecule has 1 saturated carbocycles. The second-order valence-electron chi connectivity index (χ2n) is 7.70. The largest absolute Gasteiger partial charge is 0.396 e. The highest BCUT2D eigenvalue weighted by Crippen LogP contribution is 2.41. The quantitative estimate of drug-likeness (QED) is 0.674. The normalized spacial score (nSPS) is 18.7. The fraction of sp³-hybridized carbons (Fsp3) is 0.318. The highest BCUT2D eigenvalue weighted by Gasteiger charge is 2.28. The topological polar surface area (TPSA) is 96.7 Å². The van der Waals surface area contributed by atoms with E-state index in [-0.39, 0.29) is 18.0 Å². The minimum atomic E-state index is 0.000765. The number of carbonyl (C=O) groups is 1. The Hall–Kier alpha value is -3.04. The summed E-state index contributed by atoms with van der Waals surface area (Å²) in [6.07, 6.45) is 8.09. The fourth-order valence-corrected chi connectivity index (χ4v) is 4.51. The van der Waals surface area contributed by atoms with E-state index < -0.39 is 0 Å². The van der Waals surface area contributed by atoms with Crippen LogP contribution in [0.15, 0.2) is 30.7 Å². The molecule has 0 unspecified atom stereocenters. The Kier molecular flexibility index (Phi) is 4.93. The molecular weight excluding hydrogens is 386 g/mol. The Balaban J connectivity index is 1.88. The van der Waals surface area contributed by atoms with Crippen LogP contribution in [-0.2, 0) is 4.79 Å². The number of nitrogen functional groups attached to an aromatic ring is 1. The molecule has 3 aromatic rings. The molecule has 29 heavy (non-hydrogen) atoms. The number of anilines is 1. The molecule has 0 spiro atoms. The lowest BCUT2D eigenvalue weighted by Crippen LogP contribution is -2.30. The molecule has 2 atom stereocenters. The molecule has 1 aliphatic rings. The van der Waals surface area contributed by atoms with E-state index in [9.17, 15) is 10.1 Å². The van der Waals surface area contributed by atoms with Crippen LogP contribution in [0.2, 0.25) is 5.02 Å². The summed E-state index contributed by atoms with van der Waals surface area (Å²) in [4.78, 5) is 15.7. The number of carbonyl (C=O) groups excluding carboxylic acids is 1. The van der Waals surface area contributed by atoms with E-state index in [4.69, 9.17) is 17.3 Å². The first-order valence-corrected chi connectivity index (χ1v) is 9.98. The molecule has 0 saturated heterocycles. The third kappa shape index (κ3) is 3.43. The summed E-state index contributed by atoms with van der Waals surface area (Å²) in [6.45, 7) is 3.50. The minimum absolute atomic E-state index is 0.000765. The number of halogens is 1. The Morgan fingerprint density at radius 3 is 2.86 bits per heavy atom. The lowest BCUT2D eigenvalue weighted by molar-refractivity contribution is -0.119. The third-order valence-corrected chi connectivity index (χ3v) is 6.12. The summed E-state index contributed by atoms with van der Waals surface area (Å²) in [6, 6.07) is 6.66. The van der Waals surface area contributed by atoms with Crippen LogP contribution >= 0.6 is 11.6 Å². The molecule has 2 aromatic heterocycles. The molecule has 7 heteroatoms. The Morgan fingerprint density at radius 1 is 1.34 bits per heavy atom. The summed E-state index contributed by atoms with van der Waals surface area (Å²) in [5, 5.41) is 14.0. The first-order valence-electron chi connectivity index (χ1n) is 9.60. The first-order chi connectivity index (χ1) is 13.9. The Bertz CT molecular complexity index is 1160. The van der Waals surface area contributed by atoms with E-state index >= 15 is 0 Å². The van der Waals surface area contributed by atoms with Crippen LogP contribution in [0.4, 0.5) is 5.69 Å². The van der Waals surface area contributed by atoms with Gasteiger partial charge in [-0.2, -0.15) is 5.26 Å². The summed E-state index contributed by atoms with van der Waals surface area (Å²) < 4.78 is 2.25. The van der Waals surface area contributed by atoms with Crippen molar-refractivity contribution in [2.45, 2.75) is 45.2 Å². The minimum Gasteiger partial charge on any atom is -0.396 e. The Morgan fingerprint density at radius 2 is 2.14 bits per heavy atom. The van der Waals surface area contributed by atoms with Crippen LogP contribution < -0.4 is 11.1 Å². The van der Waals surface area contributed by atoms with Crippen LogP contribution in [0.3, 0.4) is 0 Å². The van der Waals surface area contributed by atoms with Gasteiger partial charge in [0.05, 0.1) is 28.5 Å². The summed E-state index contributed by atoms with van der Waals surface area (Å²) in [7, 11) is 0. The maximum Gasteiger partial charge on any atom is 0.217 e. The zero-order valence-electron chi connectivity index (χ0n) is 16.4. The van der Waals surface area contributed by atoms with Gasteiger partial charge in [-0.05, 0) is 43.9 Å². The summed E-state index contributed by atoms with van der Waals surface area (Å²) in [5.41, 5.74) is 10.7. The van der Waals surface area contributed by atoms with Gasteiger partial charge >= 0.3 is 0 Å². The molecule has 0 radical (unpaired) electrons. The molecule has 1 fully saturated rings. The number of pyridine rings is 1. The molecule has 1 aliphatic carbocycles. The Labute approximate surface area is 174 Å². The number of amides is 1. The zero-order chi connectivity index (χ0) is 20.7. The first kappa shape index (κ1) is 19.3. The van der Waals surface area contributed by atoms with Gasteiger partial charge in [0.25, 0.3) is 0 Å². The van der Waals surface area contributed by atoms with Crippen LogP contribution in [0, 0.1) is 18.3 Å². The van der Waals surface area contributed by atoms with Gasteiger partial charge in [0.1, 0.15) is 0 Å². The molecule has 0 bridgehead atoms. The molecule has 0 aliphatic heterocycles. The van der Waals surface area contributed by atoms with Gasteiger partial charge in [-0.3, -0.25) is 9.78 Å². The van der Waals surface area contributed by atoms with Crippen LogP contribution in [0.25, 0.3) is 22.0 Å². The average molecular weight is 408 g/mol. The van der Waals surface area contributed by atoms with Crippen LogP contribution in [0.1, 0.15) is 43.4 Å². The molecule has 4 rings (SSSR count). The average Bonchev–Trinajstić information content (AvgIpc) is 3.27. The van der Waals surface area contributed by atoms with E-state index in [0.29, 0.717) is 16.3 Å². The molecule has 148 valence electrons. The molecule has 2 heterocycles. The number of aryl methyl sites for hydroxylation is 1. The number of aromatic nitrogens is 2. The molecule has 3 N–H and O–H groups in total. The van der Waals surface area contributed by atoms with E-state index in [2.05, 4.69) is 33.2 Å². The van der Waals surface area contributed by atoms with Crippen molar-refractivity contribution in [3.05, 3.63) is 46.9 Å². The van der Waals surface area contributed by atoms with E-state index in [1.165, 1.54) is 6.20 Å². The van der Waals surface area contributed by atoms with Crippen molar-refractivity contribution in [2.75, 3.05) is 5.73 Å². The molecule has 1 amide bonds. The van der Waals surface area contributed by atoms with Crippen molar-refractivity contribution in [3.63, 3.8) is 0 Å². The van der Waals surface area contributed by atoms with Crippen LogP contribution in [-0.4, -0.2) is 21.5 Å². The van der Waals surface area contributed by atoms with Crippen molar-refractivity contribution in [1.29, 1.82) is 5.26 Å². The second kappa shape index (κ2) is 7.41. The van der Waals surface area contributed by atoms with Gasteiger partial charge < -0.3 is 15.6 Å². The second-order valence-corrected chi connectivity index (χ2v) is 8.08. The lowest BCUT2D eigenvalue weighted by Gasteiger charge is -2.15. The fourth-order valence-electron chi connectivity index (χ4n) is 4.32. The summed E-state index contributed by atoms with van der Waals surface area (Å²) in [5.74, 6) is 0.000765. The van der Waals surface area contributed by atoms with Gasteiger partial charge in [-0.1, -0.05) is 11.6 Å². The van der Waals surface area contributed by atoms with Crippen molar-refractivity contribution in [1.82, 2.24) is 14.9 Å². The number of nitrogens with zero attached hydrogens (tertiary/aromatic N) is 3. The lowest BCUT2D eigenvalue weighted by atomic mass is 10.0. The van der Waals surface area contributed by atoms with Gasteiger partial charge in [-0.25, -0.2) is 0 Å². The predicted octanol–water partition coefficient (Wildman–Crippen LogP) is 4.35. The number of nitrogens with one attached hydrogen (secondary N) is 1. The number of hydrogen-bond donors (Lipinski definition) is 2. The highest BCUT2D eigenvalue weighted by molar-refractivity contribution is 6.36. The maximum absolute atomic E-state index is 11.4. The SMILES string of the molecule is CC(=O)N[C@@H]1CC[C@@H](n2cc(-c3cncc(N)c3Cl)c3cc(C#N)c(C)cc32)C1. The van der Waals surface area contributed by atoms with E-state index in [1.54, 1.807) is 13.1 Å². The highest BCUT2D eigenvalue weighted by atomic mass is 35.5. The zero-order valence-corrected chi connectivity index (χ0v) is 17.1. The molecule has 6 nitrogen and oxygen atoms in total.